The van der Waals surface area contributed by atoms with E-state index in [-0.39, 0.29) is 6.54 Å². The summed E-state index contributed by atoms with van der Waals surface area (Å²) in [6.45, 7) is 3.76. The fourth-order valence-corrected chi connectivity index (χ4v) is 2.33. The van der Waals surface area contributed by atoms with Gasteiger partial charge in [-0.1, -0.05) is 35.9 Å². The molecule has 3 aromatic rings. The van der Waals surface area contributed by atoms with E-state index in [1.807, 2.05) is 50.2 Å². The summed E-state index contributed by atoms with van der Waals surface area (Å²) in [6.07, 6.45) is 1.55. The number of carbonyl (C=O) groups excluding carboxylic acids is 1. The molecule has 0 saturated carbocycles. The minimum atomic E-state index is -0.562. The van der Waals surface area contributed by atoms with Gasteiger partial charge in [0.2, 0.25) is 0 Å². The molecule has 3 rings (SSSR count). The van der Waals surface area contributed by atoms with Gasteiger partial charge < -0.3 is 4.42 Å². The van der Waals surface area contributed by atoms with E-state index in [2.05, 4.69) is 10.5 Å². The Morgan fingerprint density at radius 1 is 1.17 bits per heavy atom. The molecule has 0 aliphatic heterocycles. The van der Waals surface area contributed by atoms with E-state index in [9.17, 15) is 9.59 Å². The largest absolute Gasteiger partial charge is 0.420 e. The average Bonchev–Trinajstić information content (AvgIpc) is 2.85. The van der Waals surface area contributed by atoms with Gasteiger partial charge in [0, 0.05) is 0 Å². The Morgan fingerprint density at radius 3 is 2.62 bits per heavy atom. The standard InChI is InChI=1S/C18H17N3O3/c1-12-3-6-14(7-4-12)10-19-20-17(22)11-21-15-9-13(2)5-8-16(15)24-18(21)23/h3-10H,11H2,1-2H3,(H,20,22)/b19-10+. The maximum absolute atomic E-state index is 12.0. The molecule has 1 aromatic heterocycles. The van der Waals surface area contributed by atoms with E-state index >= 15 is 0 Å². The van der Waals surface area contributed by atoms with Gasteiger partial charge in [0.05, 0.1) is 11.7 Å². The van der Waals surface area contributed by atoms with Crippen molar-refractivity contribution in [3.63, 3.8) is 0 Å². The van der Waals surface area contributed by atoms with E-state index in [1.54, 1.807) is 12.3 Å². The minimum Gasteiger partial charge on any atom is -0.408 e. The van der Waals surface area contributed by atoms with Crippen LogP contribution in [-0.2, 0) is 11.3 Å². The second-order valence-corrected chi connectivity index (χ2v) is 5.63. The number of hydrogen-bond donors (Lipinski definition) is 1. The van der Waals surface area contributed by atoms with Crippen LogP contribution in [0.25, 0.3) is 11.1 Å². The van der Waals surface area contributed by atoms with Crippen molar-refractivity contribution in [3.05, 3.63) is 69.7 Å². The summed E-state index contributed by atoms with van der Waals surface area (Å²) in [6, 6.07) is 13.1. The SMILES string of the molecule is Cc1ccc(/C=N/NC(=O)Cn2c(=O)oc3ccc(C)cc32)cc1. The van der Waals surface area contributed by atoms with Crippen molar-refractivity contribution in [2.24, 2.45) is 5.10 Å². The van der Waals surface area contributed by atoms with Crippen molar-refractivity contribution < 1.29 is 9.21 Å². The minimum absolute atomic E-state index is 0.152. The topological polar surface area (TPSA) is 76.6 Å². The third kappa shape index (κ3) is 3.43. The number of hydrogen-bond acceptors (Lipinski definition) is 4. The number of rotatable bonds is 4. The van der Waals surface area contributed by atoms with Gasteiger partial charge in [0.15, 0.2) is 5.58 Å². The number of hydrazone groups is 1. The van der Waals surface area contributed by atoms with Crippen LogP contribution in [0.1, 0.15) is 16.7 Å². The number of nitrogens with zero attached hydrogens (tertiary/aromatic N) is 2. The first-order chi connectivity index (χ1) is 11.5. The number of nitrogens with one attached hydrogen (secondary N) is 1. The molecule has 24 heavy (non-hydrogen) atoms. The molecule has 0 radical (unpaired) electrons. The lowest BCUT2D eigenvalue weighted by molar-refractivity contribution is -0.121. The number of benzene rings is 2. The average molecular weight is 323 g/mol. The van der Waals surface area contributed by atoms with E-state index in [1.165, 1.54) is 4.57 Å². The number of fused-ring (bicyclic) bond motifs is 1. The lowest BCUT2D eigenvalue weighted by atomic mass is 10.2. The Kier molecular flexibility index (Phi) is 4.29. The predicted molar refractivity (Wildman–Crippen MR) is 92.1 cm³/mol. The van der Waals surface area contributed by atoms with Gasteiger partial charge >= 0.3 is 5.76 Å². The molecule has 0 aliphatic carbocycles. The molecular formula is C18H17N3O3. The Hall–Kier alpha value is -3.15. The fraction of sp³-hybridized carbons (Fsp3) is 0.167. The quantitative estimate of drug-likeness (QED) is 0.591. The van der Waals surface area contributed by atoms with Crippen LogP contribution >= 0.6 is 0 Å². The highest BCUT2D eigenvalue weighted by Crippen LogP contribution is 2.14. The molecule has 0 spiro atoms. The molecule has 6 heteroatoms. The predicted octanol–water partition coefficient (Wildman–Crippen LogP) is 2.36. The van der Waals surface area contributed by atoms with Crippen LogP contribution in [0.2, 0.25) is 0 Å². The van der Waals surface area contributed by atoms with Crippen LogP contribution in [0.5, 0.6) is 0 Å². The zero-order chi connectivity index (χ0) is 17.1. The van der Waals surface area contributed by atoms with E-state index in [0.717, 1.165) is 16.7 Å². The molecule has 0 fully saturated rings. The molecule has 0 atom stereocenters. The molecule has 0 saturated heterocycles. The maximum atomic E-state index is 12.0. The first kappa shape index (κ1) is 15.7. The molecule has 6 nitrogen and oxygen atoms in total. The highest BCUT2D eigenvalue weighted by molar-refractivity contribution is 5.83. The van der Waals surface area contributed by atoms with Crippen molar-refractivity contribution in [3.8, 4) is 0 Å². The van der Waals surface area contributed by atoms with Gasteiger partial charge in [-0.15, -0.1) is 0 Å². The van der Waals surface area contributed by atoms with Gasteiger partial charge in [-0.3, -0.25) is 9.36 Å². The highest BCUT2D eigenvalue weighted by atomic mass is 16.4. The summed E-state index contributed by atoms with van der Waals surface area (Å²) in [7, 11) is 0. The van der Waals surface area contributed by atoms with Crippen molar-refractivity contribution in [1.29, 1.82) is 0 Å². The Balaban J connectivity index is 1.71. The molecule has 0 bridgehead atoms. The first-order valence-corrected chi connectivity index (χ1v) is 7.51. The van der Waals surface area contributed by atoms with E-state index < -0.39 is 11.7 Å². The molecule has 122 valence electrons. The Bertz CT molecular complexity index is 965. The van der Waals surface area contributed by atoms with Gasteiger partial charge in [-0.05, 0) is 37.1 Å². The zero-order valence-corrected chi connectivity index (χ0v) is 13.4. The number of oxazole rings is 1. The van der Waals surface area contributed by atoms with Crippen molar-refractivity contribution >= 4 is 23.2 Å². The van der Waals surface area contributed by atoms with E-state index in [0.29, 0.717) is 11.1 Å². The second-order valence-electron chi connectivity index (χ2n) is 5.63. The molecule has 2 aromatic carbocycles. The van der Waals surface area contributed by atoms with Crippen molar-refractivity contribution in [1.82, 2.24) is 9.99 Å². The third-order valence-electron chi connectivity index (χ3n) is 3.60. The first-order valence-electron chi connectivity index (χ1n) is 7.51. The number of amides is 1. The molecule has 1 N–H and O–H groups in total. The van der Waals surface area contributed by atoms with Gasteiger partial charge in [-0.2, -0.15) is 5.10 Å². The summed E-state index contributed by atoms with van der Waals surface area (Å²) in [5, 5.41) is 3.91. The van der Waals surface area contributed by atoms with Crippen molar-refractivity contribution in [2.45, 2.75) is 20.4 Å². The number of carbonyl (C=O) groups is 1. The molecule has 0 unspecified atom stereocenters. The lowest BCUT2D eigenvalue weighted by Crippen LogP contribution is -2.27. The van der Waals surface area contributed by atoms with Crippen LogP contribution in [0.15, 0.2) is 56.8 Å². The summed E-state index contributed by atoms with van der Waals surface area (Å²) < 4.78 is 6.42. The number of aromatic nitrogens is 1. The summed E-state index contributed by atoms with van der Waals surface area (Å²) >= 11 is 0. The van der Waals surface area contributed by atoms with Gasteiger partial charge in [0.25, 0.3) is 5.91 Å². The van der Waals surface area contributed by atoms with Gasteiger partial charge in [0.1, 0.15) is 6.54 Å². The zero-order valence-electron chi connectivity index (χ0n) is 13.4. The van der Waals surface area contributed by atoms with E-state index in [4.69, 9.17) is 4.42 Å². The molecule has 1 heterocycles. The normalized spacial score (nSPS) is 11.2. The summed E-state index contributed by atoms with van der Waals surface area (Å²) in [5.41, 5.74) is 6.48. The fourth-order valence-electron chi connectivity index (χ4n) is 2.33. The number of aryl methyl sites for hydroxylation is 2. The van der Waals surface area contributed by atoms with Crippen LogP contribution in [-0.4, -0.2) is 16.7 Å². The third-order valence-corrected chi connectivity index (χ3v) is 3.60. The Morgan fingerprint density at radius 2 is 1.88 bits per heavy atom. The van der Waals surface area contributed by atoms with Gasteiger partial charge in [-0.25, -0.2) is 10.2 Å². The van der Waals surface area contributed by atoms with Crippen LogP contribution in [0.3, 0.4) is 0 Å². The van der Waals surface area contributed by atoms with Crippen LogP contribution < -0.4 is 11.2 Å². The summed E-state index contributed by atoms with van der Waals surface area (Å²) in [5.74, 6) is -0.960. The summed E-state index contributed by atoms with van der Waals surface area (Å²) in [4.78, 5) is 23.9. The maximum Gasteiger partial charge on any atom is 0.420 e. The molecule has 0 aliphatic rings. The molecule has 1 amide bonds. The Labute approximate surface area is 138 Å². The monoisotopic (exact) mass is 323 g/mol. The van der Waals surface area contributed by atoms with Crippen LogP contribution in [0.4, 0.5) is 0 Å². The highest BCUT2D eigenvalue weighted by Gasteiger charge is 2.12. The second kappa shape index (κ2) is 6.54. The molecular weight excluding hydrogens is 306 g/mol. The van der Waals surface area contributed by atoms with Crippen LogP contribution in [0, 0.1) is 13.8 Å². The van der Waals surface area contributed by atoms with Crippen molar-refractivity contribution in [2.75, 3.05) is 0 Å². The smallest absolute Gasteiger partial charge is 0.408 e. The lowest BCUT2D eigenvalue weighted by Gasteiger charge is -2.02.